The van der Waals surface area contributed by atoms with Crippen molar-refractivity contribution in [1.29, 1.82) is 0 Å². The van der Waals surface area contributed by atoms with Crippen molar-refractivity contribution in [2.45, 2.75) is 13.5 Å². The number of carbonyl (C=O) groups excluding carboxylic acids is 1. The van der Waals surface area contributed by atoms with E-state index in [-0.39, 0.29) is 13.2 Å². The molecule has 14 heavy (non-hydrogen) atoms. The molecule has 0 aliphatic heterocycles. The number of aliphatic hydroxyl groups excluding tert-OH is 1. The molecule has 4 nitrogen and oxygen atoms in total. The Balaban J connectivity index is 2.62. The first-order valence-electron chi connectivity index (χ1n) is 4.30. The molecule has 1 N–H and O–H groups in total. The first kappa shape index (κ1) is 10.5. The third-order valence-electron chi connectivity index (χ3n) is 1.54. The molecule has 0 spiro atoms. The maximum atomic E-state index is 10.9. The molecule has 0 aliphatic carbocycles. The molecule has 0 unspecified atom stereocenters. The summed E-state index contributed by atoms with van der Waals surface area (Å²) in [6.45, 7) is 1.89. The van der Waals surface area contributed by atoms with Crippen molar-refractivity contribution < 1.29 is 19.4 Å². The van der Waals surface area contributed by atoms with Gasteiger partial charge in [0.1, 0.15) is 5.75 Å². The van der Waals surface area contributed by atoms with Crippen LogP contribution >= 0.6 is 0 Å². The Bertz CT molecular complexity index is 309. The van der Waals surface area contributed by atoms with E-state index in [9.17, 15) is 4.79 Å². The van der Waals surface area contributed by atoms with Gasteiger partial charge in [0.25, 0.3) is 0 Å². The fourth-order valence-corrected chi connectivity index (χ4v) is 0.951. The number of hydrogen-bond acceptors (Lipinski definition) is 4. The average molecular weight is 196 g/mol. The summed E-state index contributed by atoms with van der Waals surface area (Å²) in [4.78, 5) is 10.9. The molecule has 1 rings (SSSR count). The SMILES string of the molecule is CCOC(=O)Oc1cccc(CO)c1. The van der Waals surface area contributed by atoms with Crippen LogP contribution in [-0.4, -0.2) is 17.9 Å². The van der Waals surface area contributed by atoms with Gasteiger partial charge in [-0.2, -0.15) is 0 Å². The van der Waals surface area contributed by atoms with Crippen LogP contribution in [0, 0.1) is 0 Å². The van der Waals surface area contributed by atoms with E-state index >= 15 is 0 Å². The van der Waals surface area contributed by atoms with Crippen molar-refractivity contribution >= 4 is 6.16 Å². The molecule has 1 aromatic carbocycles. The van der Waals surface area contributed by atoms with Crippen LogP contribution in [0.2, 0.25) is 0 Å². The molecule has 0 fully saturated rings. The molecule has 0 atom stereocenters. The van der Waals surface area contributed by atoms with Crippen LogP contribution in [0.25, 0.3) is 0 Å². The Labute approximate surface area is 82.1 Å². The zero-order valence-electron chi connectivity index (χ0n) is 7.90. The molecule has 1 aromatic rings. The zero-order valence-corrected chi connectivity index (χ0v) is 7.90. The van der Waals surface area contributed by atoms with Crippen LogP contribution in [0.3, 0.4) is 0 Å². The third-order valence-corrected chi connectivity index (χ3v) is 1.54. The molecule has 76 valence electrons. The second-order valence-corrected chi connectivity index (χ2v) is 2.59. The molecule has 0 bridgehead atoms. The lowest BCUT2D eigenvalue weighted by Gasteiger charge is -2.04. The summed E-state index contributed by atoms with van der Waals surface area (Å²) in [5.41, 5.74) is 0.687. The van der Waals surface area contributed by atoms with E-state index in [0.29, 0.717) is 11.3 Å². The zero-order chi connectivity index (χ0) is 10.4. The van der Waals surface area contributed by atoms with Crippen molar-refractivity contribution in [2.24, 2.45) is 0 Å². The minimum atomic E-state index is -0.734. The average Bonchev–Trinajstić information content (AvgIpc) is 2.18. The summed E-state index contributed by atoms with van der Waals surface area (Å²) < 4.78 is 9.42. The molecule has 0 saturated carbocycles. The molecule has 0 amide bonds. The van der Waals surface area contributed by atoms with Crippen LogP contribution in [0.4, 0.5) is 4.79 Å². The van der Waals surface area contributed by atoms with Gasteiger partial charge in [-0.15, -0.1) is 0 Å². The van der Waals surface area contributed by atoms with Gasteiger partial charge in [-0.25, -0.2) is 4.79 Å². The Hall–Kier alpha value is -1.55. The highest BCUT2D eigenvalue weighted by Gasteiger charge is 2.04. The lowest BCUT2D eigenvalue weighted by Crippen LogP contribution is -2.10. The predicted molar refractivity (Wildman–Crippen MR) is 50.0 cm³/mol. The summed E-state index contributed by atoms with van der Waals surface area (Å²) in [5, 5.41) is 8.83. The molecule has 0 radical (unpaired) electrons. The monoisotopic (exact) mass is 196 g/mol. The summed E-state index contributed by atoms with van der Waals surface area (Å²) >= 11 is 0. The third kappa shape index (κ3) is 3.06. The van der Waals surface area contributed by atoms with Gasteiger partial charge in [0.2, 0.25) is 0 Å². The highest BCUT2D eigenvalue weighted by molar-refractivity contribution is 5.63. The Morgan fingerprint density at radius 3 is 2.93 bits per heavy atom. The molecular formula is C10H12O4. The number of rotatable bonds is 3. The second kappa shape index (κ2) is 5.24. The summed E-state index contributed by atoms with van der Waals surface area (Å²) in [6, 6.07) is 6.63. The van der Waals surface area contributed by atoms with Crippen LogP contribution in [-0.2, 0) is 11.3 Å². The van der Waals surface area contributed by atoms with E-state index in [0.717, 1.165) is 0 Å². The summed E-state index contributed by atoms with van der Waals surface area (Å²) in [6.07, 6.45) is -0.734. The second-order valence-electron chi connectivity index (χ2n) is 2.59. The number of ether oxygens (including phenoxy) is 2. The van der Waals surface area contributed by atoms with Crippen molar-refractivity contribution in [3.05, 3.63) is 29.8 Å². The summed E-state index contributed by atoms with van der Waals surface area (Å²) in [7, 11) is 0. The molecule has 0 heterocycles. The molecule has 0 aliphatic rings. The lowest BCUT2D eigenvalue weighted by molar-refractivity contribution is 0.104. The van der Waals surface area contributed by atoms with Gasteiger partial charge in [0, 0.05) is 0 Å². The first-order chi connectivity index (χ1) is 6.76. The van der Waals surface area contributed by atoms with Gasteiger partial charge in [-0.3, -0.25) is 0 Å². The fraction of sp³-hybridized carbons (Fsp3) is 0.300. The van der Waals surface area contributed by atoms with E-state index in [4.69, 9.17) is 9.84 Å². The van der Waals surface area contributed by atoms with Crippen molar-refractivity contribution in [2.75, 3.05) is 6.61 Å². The van der Waals surface area contributed by atoms with Gasteiger partial charge in [0.15, 0.2) is 0 Å². The Morgan fingerprint density at radius 2 is 2.29 bits per heavy atom. The van der Waals surface area contributed by atoms with Crippen molar-refractivity contribution in [3.63, 3.8) is 0 Å². The minimum absolute atomic E-state index is 0.0833. The Morgan fingerprint density at radius 1 is 1.50 bits per heavy atom. The van der Waals surface area contributed by atoms with E-state index in [1.54, 1.807) is 31.2 Å². The normalized spacial score (nSPS) is 9.57. The molecule has 0 aromatic heterocycles. The number of carbonyl (C=O) groups is 1. The van der Waals surface area contributed by atoms with Gasteiger partial charge in [-0.05, 0) is 24.6 Å². The minimum Gasteiger partial charge on any atom is -0.434 e. The van der Waals surface area contributed by atoms with E-state index in [1.807, 2.05) is 0 Å². The first-order valence-corrected chi connectivity index (χ1v) is 4.30. The smallest absolute Gasteiger partial charge is 0.434 e. The van der Waals surface area contributed by atoms with Crippen LogP contribution < -0.4 is 4.74 Å². The van der Waals surface area contributed by atoms with Crippen LogP contribution in [0.15, 0.2) is 24.3 Å². The van der Waals surface area contributed by atoms with Gasteiger partial charge < -0.3 is 14.6 Å². The quantitative estimate of drug-likeness (QED) is 0.590. The highest BCUT2D eigenvalue weighted by atomic mass is 16.7. The maximum absolute atomic E-state index is 10.9. The Kier molecular flexibility index (Phi) is 3.94. The standard InChI is InChI=1S/C10H12O4/c1-2-13-10(12)14-9-5-3-4-8(6-9)7-11/h3-6,11H,2,7H2,1H3. The van der Waals surface area contributed by atoms with Crippen LogP contribution in [0.1, 0.15) is 12.5 Å². The number of aliphatic hydroxyl groups is 1. The van der Waals surface area contributed by atoms with Gasteiger partial charge in [-0.1, -0.05) is 12.1 Å². The molecular weight excluding hydrogens is 184 g/mol. The lowest BCUT2D eigenvalue weighted by atomic mass is 10.2. The van der Waals surface area contributed by atoms with Gasteiger partial charge >= 0.3 is 6.16 Å². The van der Waals surface area contributed by atoms with Gasteiger partial charge in [0.05, 0.1) is 13.2 Å². The highest BCUT2D eigenvalue weighted by Crippen LogP contribution is 2.13. The molecule has 4 heteroatoms. The van der Waals surface area contributed by atoms with E-state index < -0.39 is 6.16 Å². The topological polar surface area (TPSA) is 55.8 Å². The van der Waals surface area contributed by atoms with Crippen molar-refractivity contribution in [1.82, 2.24) is 0 Å². The number of benzene rings is 1. The fourth-order valence-electron chi connectivity index (χ4n) is 0.951. The number of hydrogen-bond donors (Lipinski definition) is 1. The predicted octanol–water partition coefficient (Wildman–Crippen LogP) is 1.71. The van der Waals surface area contributed by atoms with Crippen LogP contribution in [0.5, 0.6) is 5.75 Å². The van der Waals surface area contributed by atoms with E-state index in [1.165, 1.54) is 0 Å². The largest absolute Gasteiger partial charge is 0.513 e. The van der Waals surface area contributed by atoms with E-state index in [2.05, 4.69) is 4.74 Å². The molecule has 0 saturated heterocycles. The van der Waals surface area contributed by atoms with Crippen molar-refractivity contribution in [3.8, 4) is 5.75 Å². The maximum Gasteiger partial charge on any atom is 0.513 e. The summed E-state index contributed by atoms with van der Waals surface area (Å²) in [5.74, 6) is 0.370.